The van der Waals surface area contributed by atoms with Crippen LogP contribution in [0.4, 0.5) is 10.5 Å². The van der Waals surface area contributed by atoms with Gasteiger partial charge in [-0.05, 0) is 53.3 Å². The minimum Gasteiger partial charge on any atom is -0.465 e. The molecule has 4 aromatic carbocycles. The fourth-order valence-electron chi connectivity index (χ4n) is 6.14. The normalized spacial score (nSPS) is 17.8. The van der Waals surface area contributed by atoms with Gasteiger partial charge in [0.15, 0.2) is 9.84 Å². The summed E-state index contributed by atoms with van der Waals surface area (Å²) < 4.78 is 30.2. The number of sulfone groups is 1. The summed E-state index contributed by atoms with van der Waals surface area (Å²) >= 11 is 4.81. The number of rotatable bonds is 12. The number of benzene rings is 4. The molecule has 1 aliphatic rings. The maximum absolute atomic E-state index is 14.1. The molecule has 1 unspecified atom stereocenters. The molecular weight excluding hydrogens is 647 g/mol. The third kappa shape index (κ3) is 8.65. The highest BCUT2D eigenvalue weighted by Gasteiger charge is 2.37. The maximum atomic E-state index is 14.1. The van der Waals surface area contributed by atoms with Crippen molar-refractivity contribution in [3.63, 3.8) is 0 Å². The summed E-state index contributed by atoms with van der Waals surface area (Å²) in [4.78, 5) is 27.8. The average molecular weight is 688 g/mol. The monoisotopic (exact) mass is 687 g/mol. The summed E-state index contributed by atoms with van der Waals surface area (Å²) in [5.74, 6) is -0.975. The Hall–Kier alpha value is -4.16. The van der Waals surface area contributed by atoms with Crippen LogP contribution < -0.4 is 10.6 Å². The number of likely N-dealkylation sites (N-methyl/N-ethyl adjacent to an activating group) is 1. The largest absolute Gasteiger partial charge is 0.465 e. The Morgan fingerprint density at radius 1 is 0.896 bits per heavy atom. The quantitative estimate of drug-likeness (QED) is 0.139. The van der Waals surface area contributed by atoms with Gasteiger partial charge in [-0.15, -0.1) is 0 Å². The number of hydrogen-bond acceptors (Lipinski definition) is 7. The molecule has 0 aromatic heterocycles. The number of thiol groups is 1. The Balaban J connectivity index is 1.31. The molecule has 1 fully saturated rings. The third-order valence-corrected chi connectivity index (χ3v) is 10.5. The standard InChI is InChI=1S/C37H41N3O6S2/c1-40(37(42)43)34(33(26-12-5-3-6-13-26)27-14-7-4-8-15-27)36(41)39-31-16-10-9-11-25(31)17-20-29-23-38-24-32(46-29)35(47)28-18-21-30(22-19-28)48(2,44)45/h3-16,18-19,21-22,29,32-35,38,47H,17,20,23-24H2,1-2H3,(H,39,41)(H,42,43)/t29-,32+,34+,35?/m1/s1. The second kappa shape index (κ2) is 15.8. The first-order chi connectivity index (χ1) is 23.0. The number of carbonyl (C=O) groups is 2. The van der Waals surface area contributed by atoms with E-state index >= 15 is 0 Å². The highest BCUT2D eigenvalue weighted by atomic mass is 32.2. The van der Waals surface area contributed by atoms with Crippen molar-refractivity contribution < 1.29 is 27.9 Å². The van der Waals surface area contributed by atoms with E-state index in [1.165, 1.54) is 13.3 Å². The lowest BCUT2D eigenvalue weighted by molar-refractivity contribution is -0.120. The average Bonchev–Trinajstić information content (AvgIpc) is 3.10. The van der Waals surface area contributed by atoms with Gasteiger partial charge in [-0.25, -0.2) is 13.2 Å². The number of carboxylic acid groups (broad SMARTS) is 1. The van der Waals surface area contributed by atoms with Crippen molar-refractivity contribution in [2.75, 3.05) is 31.7 Å². The van der Waals surface area contributed by atoms with Gasteiger partial charge in [-0.3, -0.25) is 9.69 Å². The second-order valence-corrected chi connectivity index (χ2v) is 14.6. The molecule has 11 heteroatoms. The number of nitrogens with zero attached hydrogens (tertiary/aromatic N) is 1. The summed E-state index contributed by atoms with van der Waals surface area (Å²) in [6.07, 6.45) is 0.900. The smallest absolute Gasteiger partial charge is 0.407 e. The van der Waals surface area contributed by atoms with E-state index in [-0.39, 0.29) is 22.4 Å². The van der Waals surface area contributed by atoms with Crippen molar-refractivity contribution in [3.05, 3.63) is 131 Å². The molecule has 0 bridgehead atoms. The van der Waals surface area contributed by atoms with E-state index in [2.05, 4.69) is 10.6 Å². The molecule has 252 valence electrons. The third-order valence-electron chi connectivity index (χ3n) is 8.72. The van der Waals surface area contributed by atoms with E-state index in [0.717, 1.165) is 27.2 Å². The molecule has 0 saturated carbocycles. The van der Waals surface area contributed by atoms with Crippen LogP contribution in [0.15, 0.2) is 114 Å². The molecule has 1 aliphatic heterocycles. The molecule has 0 radical (unpaired) electrons. The Morgan fingerprint density at radius 3 is 2.06 bits per heavy atom. The van der Waals surface area contributed by atoms with Gasteiger partial charge in [0.25, 0.3) is 0 Å². The molecule has 4 atom stereocenters. The van der Waals surface area contributed by atoms with Gasteiger partial charge in [-0.2, -0.15) is 12.6 Å². The van der Waals surface area contributed by atoms with Gasteiger partial charge >= 0.3 is 6.09 Å². The first-order valence-corrected chi connectivity index (χ1v) is 18.2. The van der Waals surface area contributed by atoms with Crippen LogP contribution in [-0.2, 0) is 25.8 Å². The molecule has 0 aliphatic carbocycles. The summed E-state index contributed by atoms with van der Waals surface area (Å²) in [7, 11) is -1.86. The molecule has 3 N–H and O–H groups in total. The molecule has 1 saturated heterocycles. The van der Waals surface area contributed by atoms with Crippen LogP contribution in [0.1, 0.15) is 39.8 Å². The Morgan fingerprint density at radius 2 is 1.48 bits per heavy atom. The van der Waals surface area contributed by atoms with Gasteiger partial charge < -0.3 is 20.5 Å². The Bertz CT molecular complexity index is 1750. The van der Waals surface area contributed by atoms with Crippen LogP contribution in [0.25, 0.3) is 0 Å². The molecule has 48 heavy (non-hydrogen) atoms. The zero-order valence-corrected chi connectivity index (χ0v) is 28.6. The molecule has 5 rings (SSSR count). The van der Waals surface area contributed by atoms with E-state index in [0.29, 0.717) is 31.6 Å². The molecule has 4 aromatic rings. The van der Waals surface area contributed by atoms with Crippen LogP contribution in [0.2, 0.25) is 0 Å². The first-order valence-electron chi connectivity index (χ1n) is 15.8. The van der Waals surface area contributed by atoms with Crippen molar-refractivity contribution >= 4 is 40.2 Å². The topological polar surface area (TPSA) is 125 Å². The molecule has 9 nitrogen and oxygen atoms in total. The van der Waals surface area contributed by atoms with Gasteiger partial charge in [0.05, 0.1) is 22.4 Å². The predicted octanol–water partition coefficient (Wildman–Crippen LogP) is 5.80. The van der Waals surface area contributed by atoms with Crippen LogP contribution in [0.3, 0.4) is 0 Å². The number of ether oxygens (including phenoxy) is 1. The SMILES string of the molecule is CN(C(=O)O)[C@H](C(=O)Nc1ccccc1CC[C@@H]1CNC[C@@H](C(S)c2ccc(S(C)(=O)=O)cc2)O1)C(c1ccccc1)c1ccccc1. The number of amides is 2. The fraction of sp³-hybridized carbons (Fsp3) is 0.297. The second-order valence-electron chi connectivity index (χ2n) is 12.1. The number of para-hydroxylation sites is 1. The minimum absolute atomic E-state index is 0.121. The van der Waals surface area contributed by atoms with Crippen LogP contribution in [-0.4, -0.2) is 75.1 Å². The zero-order valence-electron chi connectivity index (χ0n) is 26.9. The molecule has 1 heterocycles. The van der Waals surface area contributed by atoms with Crippen molar-refractivity contribution in [2.24, 2.45) is 0 Å². The van der Waals surface area contributed by atoms with E-state index in [9.17, 15) is 23.1 Å². The highest BCUT2D eigenvalue weighted by molar-refractivity contribution is 7.90. The van der Waals surface area contributed by atoms with Gasteiger partial charge in [0.2, 0.25) is 5.91 Å². The van der Waals surface area contributed by atoms with Crippen LogP contribution in [0, 0.1) is 0 Å². The summed E-state index contributed by atoms with van der Waals surface area (Å²) in [5.41, 5.74) is 4.05. The van der Waals surface area contributed by atoms with Gasteiger partial charge in [0, 0.05) is 38.0 Å². The van der Waals surface area contributed by atoms with Gasteiger partial charge in [-0.1, -0.05) is 91.0 Å². The number of nitrogens with one attached hydrogen (secondary N) is 2. The lowest BCUT2D eigenvalue weighted by atomic mass is 9.84. The molecule has 2 amide bonds. The molecular formula is C37H41N3O6S2. The number of carbonyl (C=O) groups excluding carboxylic acids is 1. The lowest BCUT2D eigenvalue weighted by Crippen LogP contribution is -2.48. The number of anilines is 1. The number of aryl methyl sites for hydroxylation is 1. The van der Waals surface area contributed by atoms with Crippen LogP contribution in [0.5, 0.6) is 0 Å². The number of hydrogen-bond donors (Lipinski definition) is 4. The van der Waals surface area contributed by atoms with E-state index in [1.54, 1.807) is 24.3 Å². The maximum Gasteiger partial charge on any atom is 0.407 e. The van der Waals surface area contributed by atoms with Crippen LogP contribution >= 0.6 is 12.6 Å². The lowest BCUT2D eigenvalue weighted by Gasteiger charge is -2.34. The summed E-state index contributed by atoms with van der Waals surface area (Å²) in [6.45, 7) is 1.26. The minimum atomic E-state index is -3.29. The van der Waals surface area contributed by atoms with E-state index < -0.39 is 33.8 Å². The summed E-state index contributed by atoms with van der Waals surface area (Å²) in [6, 6.07) is 32.2. The zero-order chi connectivity index (χ0) is 34.3. The Kier molecular flexibility index (Phi) is 11.6. The summed E-state index contributed by atoms with van der Waals surface area (Å²) in [5, 5.41) is 16.3. The van der Waals surface area contributed by atoms with Crippen molar-refractivity contribution in [3.8, 4) is 0 Å². The van der Waals surface area contributed by atoms with Crippen molar-refractivity contribution in [1.29, 1.82) is 0 Å². The number of morpholine rings is 1. The first kappa shape index (κ1) is 35.2. The van der Waals surface area contributed by atoms with Crippen molar-refractivity contribution in [2.45, 2.75) is 47.2 Å². The molecule has 0 spiro atoms. The van der Waals surface area contributed by atoms with Crippen molar-refractivity contribution in [1.82, 2.24) is 10.2 Å². The predicted molar refractivity (Wildman–Crippen MR) is 191 cm³/mol. The van der Waals surface area contributed by atoms with E-state index in [4.69, 9.17) is 17.4 Å². The van der Waals surface area contributed by atoms with E-state index in [1.807, 2.05) is 84.9 Å². The van der Waals surface area contributed by atoms with Gasteiger partial charge in [0.1, 0.15) is 6.04 Å². The highest BCUT2D eigenvalue weighted by Crippen LogP contribution is 2.33. The fourth-order valence-corrected chi connectivity index (χ4v) is 7.12. The Labute approximate surface area is 287 Å².